The summed E-state index contributed by atoms with van der Waals surface area (Å²) in [5, 5.41) is 3.18. The zero-order valence-corrected chi connectivity index (χ0v) is 11.4. The lowest BCUT2D eigenvalue weighted by atomic mass is 10.1. The minimum atomic E-state index is 0.551. The molecule has 20 heavy (non-hydrogen) atoms. The summed E-state index contributed by atoms with van der Waals surface area (Å²) in [5.74, 6) is 0.551. The molecule has 0 aliphatic heterocycles. The van der Waals surface area contributed by atoms with E-state index in [9.17, 15) is 0 Å². The maximum absolute atomic E-state index is 5.81. The molecule has 0 bridgehead atoms. The third kappa shape index (κ3) is 3.60. The molecule has 1 aromatic heterocycles. The van der Waals surface area contributed by atoms with Gasteiger partial charge in [-0.1, -0.05) is 24.3 Å². The maximum atomic E-state index is 5.81. The second-order valence-electron chi connectivity index (χ2n) is 5.17. The Morgan fingerprint density at radius 2 is 2.05 bits per heavy atom. The molecule has 1 aliphatic rings. The molecular weight excluding hydrogens is 250 g/mol. The summed E-state index contributed by atoms with van der Waals surface area (Å²) in [6, 6.07) is 8.99. The average Bonchev–Trinajstić information content (AvgIpc) is 3.12. The molecule has 1 aliphatic carbocycles. The monoisotopic (exact) mass is 269 g/mol. The molecule has 2 aromatic rings. The van der Waals surface area contributed by atoms with Crippen molar-refractivity contribution in [3.8, 4) is 0 Å². The van der Waals surface area contributed by atoms with Crippen molar-refractivity contribution in [2.75, 3.05) is 0 Å². The van der Waals surface area contributed by atoms with Gasteiger partial charge in [0.15, 0.2) is 5.96 Å². The number of imidazole rings is 1. The zero-order valence-electron chi connectivity index (χ0n) is 11.4. The summed E-state index contributed by atoms with van der Waals surface area (Å²) in [6.07, 6.45) is 7.99. The van der Waals surface area contributed by atoms with E-state index in [0.29, 0.717) is 18.5 Å². The van der Waals surface area contributed by atoms with E-state index in [1.807, 2.05) is 17.1 Å². The number of nitrogens with zero attached hydrogens (tertiary/aromatic N) is 3. The van der Waals surface area contributed by atoms with Gasteiger partial charge < -0.3 is 15.6 Å². The molecule has 1 aromatic carbocycles. The third-order valence-corrected chi connectivity index (χ3v) is 3.31. The van der Waals surface area contributed by atoms with Crippen molar-refractivity contribution in [1.82, 2.24) is 14.9 Å². The average molecular weight is 269 g/mol. The number of rotatable bonds is 5. The van der Waals surface area contributed by atoms with Crippen LogP contribution in [0.25, 0.3) is 0 Å². The lowest BCUT2D eigenvalue weighted by Crippen LogP contribution is -2.33. The van der Waals surface area contributed by atoms with Crippen LogP contribution >= 0.6 is 0 Å². The third-order valence-electron chi connectivity index (χ3n) is 3.31. The minimum absolute atomic E-state index is 0.551. The molecule has 0 amide bonds. The Hall–Kier alpha value is -2.30. The lowest BCUT2D eigenvalue weighted by molar-refractivity contribution is 0.796. The van der Waals surface area contributed by atoms with Gasteiger partial charge >= 0.3 is 0 Å². The van der Waals surface area contributed by atoms with Crippen LogP contribution in [0.4, 0.5) is 0 Å². The van der Waals surface area contributed by atoms with Gasteiger partial charge in [-0.15, -0.1) is 0 Å². The molecule has 104 valence electrons. The molecule has 0 saturated heterocycles. The largest absolute Gasteiger partial charge is 0.370 e. The standard InChI is InChI=1S/C15H19N5/c16-15(19-14-5-6-14)18-9-12-1-3-13(4-2-12)10-20-8-7-17-11-20/h1-4,7-8,11,14H,5-6,9-10H2,(H3,16,18,19). The molecule has 5 nitrogen and oxygen atoms in total. The molecule has 1 heterocycles. The topological polar surface area (TPSA) is 68.2 Å². The van der Waals surface area contributed by atoms with Gasteiger partial charge in [-0.05, 0) is 24.0 Å². The fourth-order valence-electron chi connectivity index (χ4n) is 2.00. The highest BCUT2D eigenvalue weighted by Gasteiger charge is 2.21. The SMILES string of the molecule is NC(=NCc1ccc(Cn2ccnc2)cc1)NC1CC1. The van der Waals surface area contributed by atoms with Crippen LogP contribution in [0.15, 0.2) is 48.0 Å². The summed E-state index contributed by atoms with van der Waals surface area (Å²) in [4.78, 5) is 8.39. The molecule has 1 fully saturated rings. The summed E-state index contributed by atoms with van der Waals surface area (Å²) in [6.45, 7) is 1.46. The highest BCUT2D eigenvalue weighted by molar-refractivity contribution is 5.78. The lowest BCUT2D eigenvalue weighted by Gasteiger charge is -2.05. The molecule has 0 unspecified atom stereocenters. The van der Waals surface area contributed by atoms with Gasteiger partial charge in [-0.25, -0.2) is 9.98 Å². The van der Waals surface area contributed by atoms with Crippen LogP contribution in [0, 0.1) is 0 Å². The molecule has 1 saturated carbocycles. The number of nitrogens with two attached hydrogens (primary N) is 1. The maximum Gasteiger partial charge on any atom is 0.189 e. The molecular formula is C15H19N5. The number of aromatic nitrogens is 2. The van der Waals surface area contributed by atoms with Crippen molar-refractivity contribution in [1.29, 1.82) is 0 Å². The van der Waals surface area contributed by atoms with Gasteiger partial charge in [-0.3, -0.25) is 0 Å². The van der Waals surface area contributed by atoms with Gasteiger partial charge in [0.1, 0.15) is 0 Å². The van der Waals surface area contributed by atoms with Crippen LogP contribution in [0.1, 0.15) is 24.0 Å². The van der Waals surface area contributed by atoms with E-state index in [1.54, 1.807) is 6.20 Å². The van der Waals surface area contributed by atoms with Gasteiger partial charge in [-0.2, -0.15) is 0 Å². The van der Waals surface area contributed by atoms with Gasteiger partial charge in [0.25, 0.3) is 0 Å². The van der Waals surface area contributed by atoms with Crippen LogP contribution < -0.4 is 11.1 Å². The Bertz CT molecular complexity index is 567. The first-order valence-electron chi connectivity index (χ1n) is 6.89. The van der Waals surface area contributed by atoms with E-state index in [4.69, 9.17) is 5.73 Å². The Labute approximate surface area is 118 Å². The van der Waals surface area contributed by atoms with Crippen LogP contribution in [0.3, 0.4) is 0 Å². The van der Waals surface area contributed by atoms with Crippen molar-refractivity contribution in [3.63, 3.8) is 0 Å². The van der Waals surface area contributed by atoms with Crippen LogP contribution in [-0.2, 0) is 13.1 Å². The number of hydrogen-bond donors (Lipinski definition) is 2. The van der Waals surface area contributed by atoms with Crippen molar-refractivity contribution < 1.29 is 0 Å². The quantitative estimate of drug-likeness (QED) is 0.638. The highest BCUT2D eigenvalue weighted by Crippen LogP contribution is 2.18. The van der Waals surface area contributed by atoms with Crippen molar-refractivity contribution in [2.24, 2.45) is 10.7 Å². The Morgan fingerprint density at radius 3 is 2.70 bits per heavy atom. The van der Waals surface area contributed by atoms with Crippen LogP contribution in [0.5, 0.6) is 0 Å². The summed E-state index contributed by atoms with van der Waals surface area (Å²) < 4.78 is 2.05. The Kier molecular flexibility index (Phi) is 3.67. The van der Waals surface area contributed by atoms with E-state index < -0.39 is 0 Å². The van der Waals surface area contributed by atoms with Gasteiger partial charge in [0.05, 0.1) is 12.9 Å². The van der Waals surface area contributed by atoms with E-state index in [1.165, 1.54) is 24.0 Å². The Morgan fingerprint density at radius 1 is 1.30 bits per heavy atom. The second kappa shape index (κ2) is 5.77. The fraction of sp³-hybridized carbons (Fsp3) is 0.333. The molecule has 0 atom stereocenters. The number of benzene rings is 1. The molecule has 3 N–H and O–H groups in total. The molecule has 3 rings (SSSR count). The predicted octanol–water partition coefficient (Wildman–Crippen LogP) is 1.50. The fourth-order valence-corrected chi connectivity index (χ4v) is 2.00. The molecule has 0 spiro atoms. The van der Waals surface area contributed by atoms with Crippen molar-refractivity contribution >= 4 is 5.96 Å². The zero-order chi connectivity index (χ0) is 13.8. The normalized spacial score (nSPS) is 15.3. The summed E-state index contributed by atoms with van der Waals surface area (Å²) in [7, 11) is 0. The van der Waals surface area contributed by atoms with E-state index >= 15 is 0 Å². The number of hydrogen-bond acceptors (Lipinski definition) is 2. The van der Waals surface area contributed by atoms with Crippen LogP contribution in [0.2, 0.25) is 0 Å². The molecule has 5 heteroatoms. The molecule has 0 radical (unpaired) electrons. The highest BCUT2D eigenvalue weighted by atomic mass is 15.1. The van der Waals surface area contributed by atoms with Crippen LogP contribution in [-0.4, -0.2) is 21.6 Å². The first kappa shape index (κ1) is 12.7. The number of nitrogens with one attached hydrogen (secondary N) is 1. The van der Waals surface area contributed by atoms with Crippen molar-refractivity contribution in [3.05, 3.63) is 54.1 Å². The number of aliphatic imine (C=N–C) groups is 1. The predicted molar refractivity (Wildman–Crippen MR) is 79.3 cm³/mol. The Balaban J connectivity index is 1.55. The smallest absolute Gasteiger partial charge is 0.189 e. The van der Waals surface area contributed by atoms with Crippen molar-refractivity contribution in [2.45, 2.75) is 32.0 Å². The first-order valence-corrected chi connectivity index (χ1v) is 6.89. The second-order valence-corrected chi connectivity index (χ2v) is 5.17. The first-order chi connectivity index (χ1) is 9.79. The van der Waals surface area contributed by atoms with E-state index in [-0.39, 0.29) is 0 Å². The van der Waals surface area contributed by atoms with E-state index in [2.05, 4.69) is 39.6 Å². The van der Waals surface area contributed by atoms with Gasteiger partial charge in [0, 0.05) is 25.0 Å². The van der Waals surface area contributed by atoms with Gasteiger partial charge in [0.2, 0.25) is 0 Å². The minimum Gasteiger partial charge on any atom is -0.370 e. The summed E-state index contributed by atoms with van der Waals surface area (Å²) in [5.41, 5.74) is 8.23. The number of guanidine groups is 1. The van der Waals surface area contributed by atoms with E-state index in [0.717, 1.165) is 6.54 Å². The summed E-state index contributed by atoms with van der Waals surface area (Å²) >= 11 is 0.